The Bertz CT molecular complexity index is 1730. The van der Waals surface area contributed by atoms with Gasteiger partial charge in [0, 0.05) is 49.6 Å². The molecule has 7 rings (SSSR count). The predicted octanol–water partition coefficient (Wildman–Crippen LogP) is 7.70. The van der Waals surface area contributed by atoms with Gasteiger partial charge in [-0.3, -0.25) is 10.1 Å². The van der Waals surface area contributed by atoms with E-state index >= 15 is 0 Å². The van der Waals surface area contributed by atoms with E-state index in [1.54, 1.807) is 28.9 Å². The third-order valence-electron chi connectivity index (χ3n) is 8.34. The number of non-ortho nitro benzene ring substituents is 1. The van der Waals surface area contributed by atoms with Gasteiger partial charge >= 0.3 is 6.09 Å². The Morgan fingerprint density at radius 2 is 1.74 bits per heavy atom. The summed E-state index contributed by atoms with van der Waals surface area (Å²) in [7, 11) is -3.23. The summed E-state index contributed by atoms with van der Waals surface area (Å²) in [5, 5.41) is 13.1. The van der Waals surface area contributed by atoms with E-state index in [0.29, 0.717) is 57.9 Å². The number of aryl methyl sites for hydroxylation is 1. The van der Waals surface area contributed by atoms with E-state index in [9.17, 15) is 14.9 Å². The van der Waals surface area contributed by atoms with Gasteiger partial charge in [0.15, 0.2) is 7.36 Å². The number of benzene rings is 3. The van der Waals surface area contributed by atoms with Crippen molar-refractivity contribution in [3.63, 3.8) is 0 Å². The average molecular weight is 707 g/mol. The van der Waals surface area contributed by atoms with Gasteiger partial charge < -0.3 is 14.4 Å². The Balaban J connectivity index is 1.59. The molecule has 4 aliphatic heterocycles. The second kappa shape index (κ2) is 11.4. The van der Waals surface area contributed by atoms with Crippen molar-refractivity contribution in [2.24, 2.45) is 4.74 Å². The summed E-state index contributed by atoms with van der Waals surface area (Å²) in [4.78, 5) is 27.9. The van der Waals surface area contributed by atoms with Gasteiger partial charge in [-0.15, -0.1) is 0 Å². The molecule has 0 saturated carbocycles. The molecule has 0 bridgehead atoms. The third-order valence-corrected chi connectivity index (χ3v) is 13.3. The minimum absolute atomic E-state index is 0.0621. The Morgan fingerprint density at radius 1 is 0.977 bits per heavy atom. The summed E-state index contributed by atoms with van der Waals surface area (Å²) in [6.45, 7) is 3.92. The van der Waals surface area contributed by atoms with E-state index in [1.165, 1.54) is 23.4 Å². The lowest BCUT2D eigenvalue weighted by Gasteiger charge is -2.49. The first kappa shape index (κ1) is 29.1. The highest BCUT2D eigenvalue weighted by atomic mass is 79.9. The van der Waals surface area contributed by atoms with Crippen LogP contribution in [-0.2, 0) is 17.6 Å². The van der Waals surface area contributed by atoms with E-state index in [4.69, 9.17) is 37.4 Å². The van der Waals surface area contributed by atoms with Crippen molar-refractivity contribution in [1.82, 2.24) is 4.67 Å². The van der Waals surface area contributed by atoms with Crippen LogP contribution in [0.4, 0.5) is 27.5 Å². The molecule has 1 fully saturated rings. The van der Waals surface area contributed by atoms with Crippen molar-refractivity contribution >= 4 is 80.6 Å². The first-order chi connectivity index (χ1) is 20.8. The Morgan fingerprint density at radius 3 is 2.47 bits per heavy atom. The molecule has 0 N–H and O–H groups in total. The van der Waals surface area contributed by atoms with Crippen molar-refractivity contribution in [1.29, 1.82) is 0 Å². The molecule has 3 aromatic carbocycles. The van der Waals surface area contributed by atoms with Crippen LogP contribution in [0.5, 0.6) is 5.75 Å². The highest BCUT2D eigenvalue weighted by Gasteiger charge is 2.50. The topological polar surface area (TPSA) is 101 Å². The van der Waals surface area contributed by atoms with Crippen molar-refractivity contribution < 1.29 is 19.2 Å². The molecule has 14 heteroatoms. The van der Waals surface area contributed by atoms with E-state index in [-0.39, 0.29) is 5.69 Å². The molecule has 1 saturated heterocycles. The number of rotatable bonds is 4. The van der Waals surface area contributed by atoms with Gasteiger partial charge in [0.25, 0.3) is 5.69 Å². The van der Waals surface area contributed by atoms with Crippen LogP contribution in [0, 0.1) is 10.1 Å². The number of ether oxygens (including phenoxy) is 2. The largest absolute Gasteiger partial charge is 0.425 e. The molecule has 1 amide bonds. The Hall–Kier alpha value is -2.66. The van der Waals surface area contributed by atoms with Crippen LogP contribution in [0.3, 0.4) is 0 Å². The molecule has 0 aliphatic carbocycles. The molecule has 10 nitrogen and oxygen atoms in total. The van der Waals surface area contributed by atoms with Crippen molar-refractivity contribution in [2.75, 3.05) is 49.0 Å². The molecule has 0 spiro atoms. The predicted molar refractivity (Wildman–Crippen MR) is 172 cm³/mol. The van der Waals surface area contributed by atoms with E-state index < -0.39 is 18.4 Å². The number of anilines is 2. The zero-order valence-electron chi connectivity index (χ0n) is 23.0. The fraction of sp³-hybridized carbons (Fsp3) is 0.345. The zero-order valence-corrected chi connectivity index (χ0v) is 27.0. The lowest BCUT2D eigenvalue weighted by atomic mass is 9.91. The van der Waals surface area contributed by atoms with Crippen molar-refractivity contribution in [3.05, 3.63) is 78.2 Å². The number of morpholine rings is 1. The molecule has 0 radical (unpaired) electrons. The molecule has 224 valence electrons. The van der Waals surface area contributed by atoms with Crippen LogP contribution >= 0.6 is 46.5 Å². The van der Waals surface area contributed by atoms with Crippen LogP contribution in [-0.4, -0.2) is 55.1 Å². The summed E-state index contributed by atoms with van der Waals surface area (Å²) in [5.41, 5.74) is 4.39. The van der Waals surface area contributed by atoms with Gasteiger partial charge in [-0.05, 0) is 77.5 Å². The SMILES string of the molecule is O=C1Oc2c(cc3c4c2CCCN4CCC3)P(=Nc2ccc([N+](=O)[O-])cc2Br)(N2CCOCC2)N1c1ccc(Cl)c(Cl)c1. The van der Waals surface area contributed by atoms with E-state index in [2.05, 4.69) is 31.6 Å². The number of fused-ring (bicyclic) bond motifs is 2. The van der Waals surface area contributed by atoms with Gasteiger partial charge in [0.2, 0.25) is 0 Å². The van der Waals surface area contributed by atoms with Gasteiger partial charge in [-0.25, -0.2) is 18.9 Å². The minimum Gasteiger partial charge on any atom is -0.408 e. The second-order valence-corrected chi connectivity index (χ2v) is 15.3. The van der Waals surface area contributed by atoms with Gasteiger partial charge in [0.1, 0.15) is 5.75 Å². The van der Waals surface area contributed by atoms with Crippen LogP contribution in [0.25, 0.3) is 0 Å². The number of hydrogen-bond donors (Lipinski definition) is 0. The van der Waals surface area contributed by atoms with Crippen molar-refractivity contribution in [2.45, 2.75) is 25.7 Å². The van der Waals surface area contributed by atoms with Gasteiger partial charge in [0.05, 0.1) is 49.3 Å². The van der Waals surface area contributed by atoms with E-state index in [0.717, 1.165) is 49.6 Å². The number of nitro benzene ring substituents is 1. The number of nitrogens with zero attached hydrogens (tertiary/aromatic N) is 5. The molecule has 4 heterocycles. The molecule has 4 aliphatic rings. The van der Waals surface area contributed by atoms with Gasteiger partial charge in [-0.2, -0.15) is 0 Å². The normalized spacial score (nSPS) is 21.6. The summed E-state index contributed by atoms with van der Waals surface area (Å²) in [6.07, 6.45) is 3.15. The minimum atomic E-state index is -3.23. The summed E-state index contributed by atoms with van der Waals surface area (Å²) in [5.74, 6) is 0.577. The molecular weight excluding hydrogens is 680 g/mol. The number of nitro groups is 1. The number of carbonyl (C=O) groups is 1. The molecule has 3 aromatic rings. The molecular formula is C29H27BrCl2N5O5P. The second-order valence-electron chi connectivity index (χ2n) is 10.8. The Kier molecular flexibility index (Phi) is 7.68. The van der Waals surface area contributed by atoms with Crippen molar-refractivity contribution in [3.8, 4) is 5.75 Å². The number of hydrogen-bond acceptors (Lipinski definition) is 7. The summed E-state index contributed by atoms with van der Waals surface area (Å²) >= 11 is 16.4. The van der Waals surface area contributed by atoms with Crippen LogP contribution < -0.4 is 19.6 Å². The fourth-order valence-corrected chi connectivity index (χ4v) is 11.2. The van der Waals surface area contributed by atoms with E-state index in [1.807, 2.05) is 0 Å². The van der Waals surface area contributed by atoms with Gasteiger partial charge in [-0.1, -0.05) is 23.2 Å². The lowest BCUT2D eigenvalue weighted by molar-refractivity contribution is -0.384. The quantitative estimate of drug-likeness (QED) is 0.156. The number of halogens is 3. The van der Waals surface area contributed by atoms with Crippen LogP contribution in [0.2, 0.25) is 10.0 Å². The highest BCUT2D eigenvalue weighted by molar-refractivity contribution is 9.10. The van der Waals surface area contributed by atoms with Crippen LogP contribution in [0.1, 0.15) is 24.0 Å². The highest BCUT2D eigenvalue weighted by Crippen LogP contribution is 2.65. The third kappa shape index (κ3) is 4.85. The standard InChI is InChI=1S/C29H27BrCl2N5O5P/c30-22-16-20(37(39)40)6-8-25(22)33-43(35-11-13-41-14-12-35)26-15-18-3-1-9-34-10-2-4-21(27(18)34)28(26)42-29(38)36(43)19-5-7-23(31)24(32)17-19/h5-8,15-17H,1-4,9-14H2. The number of amides is 1. The maximum Gasteiger partial charge on any atom is 0.425 e. The fourth-order valence-electron chi connectivity index (χ4n) is 6.50. The first-order valence-corrected chi connectivity index (χ1v) is 17.3. The molecule has 1 atom stereocenters. The maximum absolute atomic E-state index is 14.4. The lowest BCUT2D eigenvalue weighted by Crippen LogP contribution is -2.50. The average Bonchev–Trinajstić information content (AvgIpc) is 3.01. The number of carbonyl (C=O) groups excluding carboxylic acids is 1. The maximum atomic E-state index is 14.4. The first-order valence-electron chi connectivity index (χ1n) is 14.1. The molecule has 0 aromatic heterocycles. The zero-order chi connectivity index (χ0) is 29.9. The smallest absolute Gasteiger partial charge is 0.408 e. The molecule has 1 unspecified atom stereocenters. The molecule has 43 heavy (non-hydrogen) atoms. The summed E-state index contributed by atoms with van der Waals surface area (Å²) < 4.78 is 21.9. The Labute approximate surface area is 266 Å². The monoisotopic (exact) mass is 705 g/mol. The summed E-state index contributed by atoms with van der Waals surface area (Å²) in [6, 6.07) is 11.8. The van der Waals surface area contributed by atoms with Crippen LogP contribution in [0.15, 0.2) is 51.7 Å².